The Kier molecular flexibility index (Phi) is 4.99. The molecule has 0 radical (unpaired) electrons. The molecular weight excluding hydrogens is 230 g/mol. The Morgan fingerprint density at radius 1 is 1.47 bits per heavy atom. The largest absolute Gasteiger partial charge is 0.468 e. The number of furan rings is 1. The maximum absolute atomic E-state index is 5.34. The standard InChI is InChI=1S/C14H23NOS/c1-3-15-13(12-6-4-5-7-12)10-17-14-8-9-16-11(14)2/h8-9,12-13,15H,3-7,10H2,1-2H3. The molecule has 0 aliphatic heterocycles. The van der Waals surface area contributed by atoms with Crippen LogP contribution >= 0.6 is 11.8 Å². The Hall–Kier alpha value is -0.410. The van der Waals surface area contributed by atoms with Crippen molar-refractivity contribution in [3.63, 3.8) is 0 Å². The summed E-state index contributed by atoms with van der Waals surface area (Å²) in [5, 5.41) is 3.66. The first kappa shape index (κ1) is 13.0. The van der Waals surface area contributed by atoms with E-state index in [1.807, 2.05) is 18.7 Å². The molecule has 0 saturated heterocycles. The van der Waals surface area contributed by atoms with Crippen LogP contribution in [0.15, 0.2) is 21.6 Å². The van der Waals surface area contributed by atoms with Crippen molar-refractivity contribution in [3.05, 3.63) is 18.1 Å². The third-order valence-corrected chi connectivity index (χ3v) is 4.93. The number of rotatable bonds is 6. The van der Waals surface area contributed by atoms with Gasteiger partial charge in [0.1, 0.15) is 5.76 Å². The zero-order chi connectivity index (χ0) is 12.1. The van der Waals surface area contributed by atoms with E-state index < -0.39 is 0 Å². The summed E-state index contributed by atoms with van der Waals surface area (Å²) in [6.07, 6.45) is 7.44. The van der Waals surface area contributed by atoms with Gasteiger partial charge in [-0.3, -0.25) is 0 Å². The first-order chi connectivity index (χ1) is 8.31. The topological polar surface area (TPSA) is 25.2 Å². The molecule has 1 heterocycles. The quantitative estimate of drug-likeness (QED) is 0.780. The average molecular weight is 253 g/mol. The van der Waals surface area contributed by atoms with Crippen molar-refractivity contribution in [3.8, 4) is 0 Å². The highest BCUT2D eigenvalue weighted by molar-refractivity contribution is 7.99. The predicted molar refractivity (Wildman–Crippen MR) is 73.6 cm³/mol. The normalized spacial score (nSPS) is 18.7. The van der Waals surface area contributed by atoms with Crippen molar-refractivity contribution in [2.45, 2.75) is 50.5 Å². The second kappa shape index (κ2) is 6.50. The van der Waals surface area contributed by atoms with Gasteiger partial charge in [0, 0.05) is 16.7 Å². The number of hydrogen-bond acceptors (Lipinski definition) is 3. The van der Waals surface area contributed by atoms with Crippen LogP contribution in [0.2, 0.25) is 0 Å². The minimum atomic E-state index is 0.668. The summed E-state index contributed by atoms with van der Waals surface area (Å²) in [7, 11) is 0. The molecule has 1 saturated carbocycles. The van der Waals surface area contributed by atoms with Gasteiger partial charge in [-0.05, 0) is 38.3 Å². The Labute approximate surface area is 109 Å². The van der Waals surface area contributed by atoms with Crippen molar-refractivity contribution < 1.29 is 4.42 Å². The van der Waals surface area contributed by atoms with Crippen molar-refractivity contribution in [2.24, 2.45) is 5.92 Å². The molecule has 0 bridgehead atoms. The van der Waals surface area contributed by atoms with Crippen molar-refractivity contribution in [1.82, 2.24) is 5.32 Å². The highest BCUT2D eigenvalue weighted by Gasteiger charge is 2.24. The van der Waals surface area contributed by atoms with Crippen LogP contribution in [0.25, 0.3) is 0 Å². The maximum Gasteiger partial charge on any atom is 0.114 e. The second-order valence-electron chi connectivity index (χ2n) is 4.86. The molecule has 2 nitrogen and oxygen atoms in total. The van der Waals surface area contributed by atoms with Gasteiger partial charge in [-0.2, -0.15) is 0 Å². The zero-order valence-electron chi connectivity index (χ0n) is 10.9. The van der Waals surface area contributed by atoms with Gasteiger partial charge in [0.05, 0.1) is 6.26 Å². The van der Waals surface area contributed by atoms with Crippen LogP contribution in [0.3, 0.4) is 0 Å². The van der Waals surface area contributed by atoms with E-state index in [1.54, 1.807) is 6.26 Å². The molecule has 1 unspecified atom stereocenters. The van der Waals surface area contributed by atoms with E-state index in [9.17, 15) is 0 Å². The van der Waals surface area contributed by atoms with E-state index in [1.165, 1.54) is 36.3 Å². The Bertz CT molecular complexity index is 331. The zero-order valence-corrected chi connectivity index (χ0v) is 11.7. The molecule has 1 fully saturated rings. The van der Waals surface area contributed by atoms with E-state index >= 15 is 0 Å². The molecular formula is C14H23NOS. The van der Waals surface area contributed by atoms with Crippen LogP contribution in [0.4, 0.5) is 0 Å². The fourth-order valence-electron chi connectivity index (χ4n) is 2.69. The number of thioether (sulfide) groups is 1. The van der Waals surface area contributed by atoms with Crippen LogP contribution in [0, 0.1) is 12.8 Å². The first-order valence-corrected chi connectivity index (χ1v) is 7.70. The van der Waals surface area contributed by atoms with E-state index in [-0.39, 0.29) is 0 Å². The SMILES string of the molecule is CCNC(CSc1ccoc1C)C1CCCC1. The van der Waals surface area contributed by atoms with Gasteiger partial charge in [0.2, 0.25) is 0 Å². The maximum atomic E-state index is 5.34. The smallest absolute Gasteiger partial charge is 0.114 e. The van der Waals surface area contributed by atoms with Gasteiger partial charge < -0.3 is 9.73 Å². The Morgan fingerprint density at radius 3 is 2.82 bits per heavy atom. The van der Waals surface area contributed by atoms with Crippen LogP contribution < -0.4 is 5.32 Å². The molecule has 2 rings (SSSR count). The van der Waals surface area contributed by atoms with Gasteiger partial charge in [-0.25, -0.2) is 0 Å². The third kappa shape index (κ3) is 3.52. The summed E-state index contributed by atoms with van der Waals surface area (Å²) in [4.78, 5) is 1.30. The number of hydrogen-bond donors (Lipinski definition) is 1. The van der Waals surface area contributed by atoms with E-state index in [0.717, 1.165) is 18.2 Å². The van der Waals surface area contributed by atoms with Crippen molar-refractivity contribution >= 4 is 11.8 Å². The molecule has 0 aromatic carbocycles. The summed E-state index contributed by atoms with van der Waals surface area (Å²) in [6.45, 7) is 5.32. The fourth-order valence-corrected chi connectivity index (χ4v) is 3.84. The second-order valence-corrected chi connectivity index (χ2v) is 5.92. The summed E-state index contributed by atoms with van der Waals surface area (Å²) >= 11 is 1.93. The summed E-state index contributed by atoms with van der Waals surface area (Å²) in [5.41, 5.74) is 0. The minimum absolute atomic E-state index is 0.668. The molecule has 1 N–H and O–H groups in total. The number of nitrogens with one attached hydrogen (secondary N) is 1. The lowest BCUT2D eigenvalue weighted by atomic mass is 10.00. The molecule has 1 aliphatic carbocycles. The van der Waals surface area contributed by atoms with E-state index in [4.69, 9.17) is 4.42 Å². The molecule has 0 spiro atoms. The first-order valence-electron chi connectivity index (χ1n) is 6.71. The lowest BCUT2D eigenvalue weighted by Crippen LogP contribution is -2.37. The molecule has 17 heavy (non-hydrogen) atoms. The van der Waals surface area contributed by atoms with Crippen molar-refractivity contribution in [2.75, 3.05) is 12.3 Å². The van der Waals surface area contributed by atoms with E-state index in [0.29, 0.717) is 6.04 Å². The summed E-state index contributed by atoms with van der Waals surface area (Å²) < 4.78 is 5.34. The average Bonchev–Trinajstić information content (AvgIpc) is 2.96. The monoisotopic (exact) mass is 253 g/mol. The molecule has 0 amide bonds. The Morgan fingerprint density at radius 2 is 2.24 bits per heavy atom. The molecule has 96 valence electrons. The molecule has 1 aromatic rings. The highest BCUT2D eigenvalue weighted by atomic mass is 32.2. The number of aryl methyl sites for hydroxylation is 1. The van der Waals surface area contributed by atoms with Crippen molar-refractivity contribution in [1.29, 1.82) is 0 Å². The van der Waals surface area contributed by atoms with Gasteiger partial charge in [-0.1, -0.05) is 19.8 Å². The minimum Gasteiger partial charge on any atom is -0.468 e. The van der Waals surface area contributed by atoms with Crippen LogP contribution in [-0.4, -0.2) is 18.3 Å². The summed E-state index contributed by atoms with van der Waals surface area (Å²) in [6, 6.07) is 2.75. The lowest BCUT2D eigenvalue weighted by molar-refractivity contribution is 0.394. The summed E-state index contributed by atoms with van der Waals surface area (Å²) in [5.74, 6) is 3.10. The van der Waals surface area contributed by atoms with Gasteiger partial charge in [0.15, 0.2) is 0 Å². The predicted octanol–water partition coefficient (Wildman–Crippen LogP) is 3.85. The molecule has 1 aromatic heterocycles. The van der Waals surface area contributed by atoms with Crippen LogP contribution in [0.1, 0.15) is 38.4 Å². The van der Waals surface area contributed by atoms with Gasteiger partial charge in [0.25, 0.3) is 0 Å². The third-order valence-electron chi connectivity index (χ3n) is 3.66. The van der Waals surface area contributed by atoms with Gasteiger partial charge >= 0.3 is 0 Å². The van der Waals surface area contributed by atoms with Crippen LogP contribution in [0.5, 0.6) is 0 Å². The van der Waals surface area contributed by atoms with E-state index in [2.05, 4.69) is 18.3 Å². The fraction of sp³-hybridized carbons (Fsp3) is 0.714. The Balaban J connectivity index is 1.86. The van der Waals surface area contributed by atoms with Gasteiger partial charge in [-0.15, -0.1) is 11.8 Å². The lowest BCUT2D eigenvalue weighted by Gasteiger charge is -2.23. The molecule has 3 heteroatoms. The highest BCUT2D eigenvalue weighted by Crippen LogP contribution is 2.31. The van der Waals surface area contributed by atoms with Crippen LogP contribution in [-0.2, 0) is 0 Å². The molecule has 1 aliphatic rings. The molecule has 1 atom stereocenters.